The fourth-order valence-corrected chi connectivity index (χ4v) is 2.15. The summed E-state index contributed by atoms with van der Waals surface area (Å²) in [4.78, 5) is 7.90. The number of hydrogen-bond donors (Lipinski definition) is 2. The maximum absolute atomic E-state index is 4.56. The van der Waals surface area contributed by atoms with E-state index in [1.54, 1.807) is 0 Å². The summed E-state index contributed by atoms with van der Waals surface area (Å²) < 4.78 is 1.08. The van der Waals surface area contributed by atoms with Gasteiger partial charge in [-0.15, -0.1) is 0 Å². The summed E-state index contributed by atoms with van der Waals surface area (Å²) in [6, 6.07) is 6.12. The third-order valence-corrected chi connectivity index (χ3v) is 3.23. The molecule has 17 heavy (non-hydrogen) atoms. The molecule has 1 heterocycles. The number of H-pyrrole nitrogens is 1. The van der Waals surface area contributed by atoms with Crippen LogP contribution in [0.15, 0.2) is 22.7 Å². The molecule has 0 fully saturated rings. The van der Waals surface area contributed by atoms with Crippen LogP contribution in [0.25, 0.3) is 11.0 Å². The first-order valence-corrected chi connectivity index (χ1v) is 6.93. The number of hydrogen-bond acceptors (Lipinski definition) is 2. The third-order valence-electron chi connectivity index (χ3n) is 2.74. The minimum absolute atomic E-state index is 0.954. The Labute approximate surface area is 110 Å². The van der Waals surface area contributed by atoms with Gasteiger partial charge in [-0.2, -0.15) is 0 Å². The second kappa shape index (κ2) is 6.17. The van der Waals surface area contributed by atoms with Gasteiger partial charge in [-0.3, -0.25) is 0 Å². The molecule has 0 atom stereocenters. The highest BCUT2D eigenvalue weighted by Gasteiger charge is 2.02. The third kappa shape index (κ3) is 3.54. The Kier molecular flexibility index (Phi) is 4.57. The number of rotatable bonds is 6. The molecule has 0 aliphatic carbocycles. The van der Waals surface area contributed by atoms with Crippen molar-refractivity contribution in [2.24, 2.45) is 0 Å². The molecule has 0 radical (unpaired) electrons. The summed E-state index contributed by atoms with van der Waals surface area (Å²) in [5, 5.41) is 3.42. The number of benzene rings is 1. The first-order valence-electron chi connectivity index (χ1n) is 6.14. The van der Waals surface area contributed by atoms with E-state index >= 15 is 0 Å². The standard InChI is InChI=1S/C13H18BrN3/c1-2-3-7-15-8-6-13-16-11-5-4-10(14)9-12(11)17-13/h4-5,9,15H,2-3,6-8H2,1H3,(H,16,17). The molecule has 0 aliphatic heterocycles. The lowest BCUT2D eigenvalue weighted by molar-refractivity contribution is 0.633. The summed E-state index contributed by atoms with van der Waals surface area (Å²) in [6.45, 7) is 4.29. The molecule has 0 aliphatic rings. The Morgan fingerprint density at radius 1 is 1.35 bits per heavy atom. The summed E-state index contributed by atoms with van der Waals surface area (Å²) in [6.07, 6.45) is 3.44. The predicted molar refractivity (Wildman–Crippen MR) is 75.3 cm³/mol. The molecule has 4 heteroatoms. The molecule has 1 aromatic heterocycles. The predicted octanol–water partition coefficient (Wildman–Crippen LogP) is 3.26. The van der Waals surface area contributed by atoms with E-state index in [0.717, 1.165) is 40.8 Å². The minimum atomic E-state index is 0.954. The van der Waals surface area contributed by atoms with Crippen LogP contribution < -0.4 is 5.32 Å². The fraction of sp³-hybridized carbons (Fsp3) is 0.462. The van der Waals surface area contributed by atoms with Gasteiger partial charge in [0.15, 0.2) is 0 Å². The van der Waals surface area contributed by atoms with E-state index in [0.29, 0.717) is 0 Å². The van der Waals surface area contributed by atoms with Gasteiger partial charge in [0.25, 0.3) is 0 Å². The lowest BCUT2D eigenvalue weighted by Gasteiger charge is -2.00. The van der Waals surface area contributed by atoms with Gasteiger partial charge >= 0.3 is 0 Å². The largest absolute Gasteiger partial charge is 0.342 e. The molecule has 92 valence electrons. The average molecular weight is 296 g/mol. The summed E-state index contributed by atoms with van der Waals surface area (Å²) in [7, 11) is 0. The number of imidazole rings is 1. The normalized spacial score (nSPS) is 11.2. The van der Waals surface area contributed by atoms with Crippen LogP contribution in [-0.2, 0) is 6.42 Å². The Balaban J connectivity index is 1.91. The molecule has 2 rings (SSSR count). The maximum atomic E-state index is 4.56. The van der Waals surface area contributed by atoms with Gasteiger partial charge in [0.2, 0.25) is 0 Å². The van der Waals surface area contributed by atoms with Crippen LogP contribution in [0, 0.1) is 0 Å². The highest BCUT2D eigenvalue weighted by atomic mass is 79.9. The lowest BCUT2D eigenvalue weighted by atomic mass is 10.3. The van der Waals surface area contributed by atoms with Crippen LogP contribution in [0.3, 0.4) is 0 Å². The van der Waals surface area contributed by atoms with Crippen molar-refractivity contribution >= 4 is 27.0 Å². The van der Waals surface area contributed by atoms with Gasteiger partial charge < -0.3 is 10.3 Å². The van der Waals surface area contributed by atoms with Crippen LogP contribution in [0.1, 0.15) is 25.6 Å². The van der Waals surface area contributed by atoms with Crippen molar-refractivity contribution in [2.45, 2.75) is 26.2 Å². The van der Waals surface area contributed by atoms with Gasteiger partial charge in [-0.05, 0) is 31.2 Å². The minimum Gasteiger partial charge on any atom is -0.342 e. The summed E-state index contributed by atoms with van der Waals surface area (Å²) in [5.41, 5.74) is 2.14. The number of unbranched alkanes of at least 4 members (excludes halogenated alkanes) is 1. The first-order chi connectivity index (χ1) is 8.29. The zero-order valence-electron chi connectivity index (χ0n) is 10.1. The quantitative estimate of drug-likeness (QED) is 0.803. The molecule has 0 spiro atoms. The van der Waals surface area contributed by atoms with E-state index in [1.165, 1.54) is 12.8 Å². The van der Waals surface area contributed by atoms with Crippen molar-refractivity contribution in [3.05, 3.63) is 28.5 Å². The van der Waals surface area contributed by atoms with Gasteiger partial charge in [0.05, 0.1) is 11.0 Å². The van der Waals surface area contributed by atoms with E-state index in [4.69, 9.17) is 0 Å². The SMILES string of the molecule is CCCCNCCc1nc2ccc(Br)cc2[nH]1. The monoisotopic (exact) mass is 295 g/mol. The highest BCUT2D eigenvalue weighted by Crippen LogP contribution is 2.17. The molecular weight excluding hydrogens is 278 g/mol. The van der Waals surface area contributed by atoms with Crippen LogP contribution in [0.2, 0.25) is 0 Å². The highest BCUT2D eigenvalue weighted by molar-refractivity contribution is 9.10. The smallest absolute Gasteiger partial charge is 0.108 e. The van der Waals surface area contributed by atoms with E-state index in [-0.39, 0.29) is 0 Å². The van der Waals surface area contributed by atoms with E-state index in [1.807, 2.05) is 12.1 Å². The molecule has 2 aromatic rings. The van der Waals surface area contributed by atoms with E-state index in [2.05, 4.69) is 44.2 Å². The summed E-state index contributed by atoms with van der Waals surface area (Å²) in [5.74, 6) is 1.06. The molecule has 0 saturated heterocycles. The zero-order valence-corrected chi connectivity index (χ0v) is 11.7. The van der Waals surface area contributed by atoms with Gasteiger partial charge in [-0.1, -0.05) is 29.3 Å². The number of aromatic amines is 1. The molecule has 0 saturated carbocycles. The molecule has 0 amide bonds. The van der Waals surface area contributed by atoms with Crippen molar-refractivity contribution in [1.29, 1.82) is 0 Å². The van der Waals surface area contributed by atoms with Crippen LogP contribution in [-0.4, -0.2) is 23.1 Å². The van der Waals surface area contributed by atoms with Crippen molar-refractivity contribution in [3.8, 4) is 0 Å². The van der Waals surface area contributed by atoms with Gasteiger partial charge in [0, 0.05) is 17.4 Å². The van der Waals surface area contributed by atoms with Crippen molar-refractivity contribution in [2.75, 3.05) is 13.1 Å². The van der Waals surface area contributed by atoms with E-state index in [9.17, 15) is 0 Å². The Morgan fingerprint density at radius 3 is 3.06 bits per heavy atom. The molecule has 0 unspecified atom stereocenters. The fourth-order valence-electron chi connectivity index (χ4n) is 1.79. The van der Waals surface area contributed by atoms with Crippen molar-refractivity contribution in [3.63, 3.8) is 0 Å². The molecule has 2 N–H and O–H groups in total. The zero-order chi connectivity index (χ0) is 12.1. The van der Waals surface area contributed by atoms with Crippen LogP contribution >= 0.6 is 15.9 Å². The van der Waals surface area contributed by atoms with Gasteiger partial charge in [-0.25, -0.2) is 4.98 Å². The van der Waals surface area contributed by atoms with Gasteiger partial charge in [0.1, 0.15) is 5.82 Å². The van der Waals surface area contributed by atoms with Crippen LogP contribution in [0.4, 0.5) is 0 Å². The Hall–Kier alpha value is -0.870. The van der Waals surface area contributed by atoms with Crippen LogP contribution in [0.5, 0.6) is 0 Å². The second-order valence-corrected chi connectivity index (χ2v) is 5.11. The second-order valence-electron chi connectivity index (χ2n) is 4.20. The number of aromatic nitrogens is 2. The summed E-state index contributed by atoms with van der Waals surface area (Å²) >= 11 is 3.46. The first kappa shape index (κ1) is 12.6. The Bertz CT molecular complexity index is 478. The molecular formula is C13H18BrN3. The molecule has 0 bridgehead atoms. The Morgan fingerprint density at radius 2 is 2.24 bits per heavy atom. The number of halogens is 1. The number of nitrogens with one attached hydrogen (secondary N) is 2. The van der Waals surface area contributed by atoms with E-state index < -0.39 is 0 Å². The van der Waals surface area contributed by atoms with Crippen molar-refractivity contribution < 1.29 is 0 Å². The topological polar surface area (TPSA) is 40.7 Å². The number of nitrogens with zero attached hydrogens (tertiary/aromatic N) is 1. The molecule has 3 nitrogen and oxygen atoms in total. The van der Waals surface area contributed by atoms with Crippen molar-refractivity contribution in [1.82, 2.24) is 15.3 Å². The number of fused-ring (bicyclic) bond motifs is 1. The molecule has 1 aromatic carbocycles. The average Bonchev–Trinajstić information content (AvgIpc) is 2.70. The lowest BCUT2D eigenvalue weighted by Crippen LogP contribution is -2.18. The maximum Gasteiger partial charge on any atom is 0.108 e.